The highest BCUT2D eigenvalue weighted by Crippen LogP contribution is 2.29. The minimum absolute atomic E-state index is 0.165. The summed E-state index contributed by atoms with van der Waals surface area (Å²) < 4.78 is 5.30. The largest absolute Gasteiger partial charge is 0.280 e. The maximum Gasteiger partial charge on any atom is 0.163 e. The molecule has 0 aliphatic carbocycles. The van der Waals surface area contributed by atoms with Crippen molar-refractivity contribution in [3.63, 3.8) is 0 Å². The molecule has 1 atom stereocenters. The lowest BCUT2D eigenvalue weighted by Crippen LogP contribution is -2.07. The van der Waals surface area contributed by atoms with Gasteiger partial charge in [0.25, 0.3) is 0 Å². The van der Waals surface area contributed by atoms with Gasteiger partial charge in [-0.25, -0.2) is 9.67 Å². The molecule has 110 valence electrons. The molecular formula is C15H16ClIN4. The highest BCUT2D eigenvalue weighted by Gasteiger charge is 2.21. The first kappa shape index (κ1) is 14.8. The summed E-state index contributed by atoms with van der Waals surface area (Å²) in [6.45, 7) is 6.82. The molecule has 3 rings (SSSR count). The number of hydrogen-bond acceptors (Lipinski definition) is 2. The van der Waals surface area contributed by atoms with Crippen LogP contribution in [0.1, 0.15) is 30.7 Å². The molecule has 21 heavy (non-hydrogen) atoms. The number of fused-ring (bicyclic) bond motifs is 1. The molecular weight excluding hydrogens is 399 g/mol. The lowest BCUT2D eigenvalue weighted by Gasteiger charge is -2.12. The van der Waals surface area contributed by atoms with Gasteiger partial charge in [0.15, 0.2) is 5.65 Å². The molecule has 0 aliphatic heterocycles. The molecule has 2 aromatic heterocycles. The monoisotopic (exact) mass is 414 g/mol. The summed E-state index contributed by atoms with van der Waals surface area (Å²) in [4.78, 5) is 4.72. The maximum atomic E-state index is 6.35. The van der Waals surface area contributed by atoms with Crippen molar-refractivity contribution in [1.29, 1.82) is 0 Å². The summed E-state index contributed by atoms with van der Waals surface area (Å²) >= 11 is 8.66. The van der Waals surface area contributed by atoms with Gasteiger partial charge in [0.1, 0.15) is 11.3 Å². The van der Waals surface area contributed by atoms with E-state index in [1.165, 1.54) is 3.57 Å². The first-order valence-electron chi connectivity index (χ1n) is 6.88. The molecule has 0 bridgehead atoms. The predicted octanol–water partition coefficient (Wildman–Crippen LogP) is 4.45. The summed E-state index contributed by atoms with van der Waals surface area (Å²) in [6.07, 6.45) is 0. The van der Waals surface area contributed by atoms with Crippen LogP contribution in [0.3, 0.4) is 0 Å². The fourth-order valence-electron chi connectivity index (χ4n) is 2.52. The Kier molecular flexibility index (Phi) is 3.96. The molecule has 0 saturated carbocycles. The Morgan fingerprint density at radius 2 is 1.95 bits per heavy atom. The van der Waals surface area contributed by atoms with E-state index >= 15 is 0 Å². The molecule has 4 nitrogen and oxygen atoms in total. The second-order valence-electron chi connectivity index (χ2n) is 4.97. The minimum Gasteiger partial charge on any atom is -0.280 e. The summed E-state index contributed by atoms with van der Waals surface area (Å²) in [7, 11) is 0. The quantitative estimate of drug-likeness (QED) is 0.469. The summed E-state index contributed by atoms with van der Waals surface area (Å²) in [5, 5.41) is 4.40. The van der Waals surface area contributed by atoms with E-state index in [-0.39, 0.29) is 5.38 Å². The van der Waals surface area contributed by atoms with Gasteiger partial charge in [-0.3, -0.25) is 4.57 Å². The van der Waals surface area contributed by atoms with E-state index < -0.39 is 0 Å². The Labute approximate surface area is 142 Å². The van der Waals surface area contributed by atoms with Crippen molar-refractivity contribution in [2.45, 2.75) is 32.7 Å². The second-order valence-corrected chi connectivity index (χ2v) is 6.87. The predicted molar refractivity (Wildman–Crippen MR) is 94.3 cm³/mol. The zero-order valence-electron chi connectivity index (χ0n) is 12.1. The van der Waals surface area contributed by atoms with Gasteiger partial charge in [-0.05, 0) is 67.6 Å². The molecule has 0 saturated heterocycles. The molecule has 0 fully saturated rings. The topological polar surface area (TPSA) is 35.6 Å². The fourth-order valence-corrected chi connectivity index (χ4v) is 3.02. The minimum atomic E-state index is -0.165. The second kappa shape index (κ2) is 5.61. The van der Waals surface area contributed by atoms with Crippen LogP contribution in [0.5, 0.6) is 0 Å². The van der Waals surface area contributed by atoms with Gasteiger partial charge in [-0.1, -0.05) is 0 Å². The molecule has 2 heterocycles. The van der Waals surface area contributed by atoms with Crippen molar-refractivity contribution >= 4 is 45.4 Å². The molecule has 1 unspecified atom stereocenters. The molecule has 0 spiro atoms. The van der Waals surface area contributed by atoms with Crippen LogP contribution in [0.4, 0.5) is 0 Å². The Morgan fingerprint density at radius 3 is 2.52 bits per heavy atom. The van der Waals surface area contributed by atoms with E-state index in [4.69, 9.17) is 16.6 Å². The molecule has 3 aromatic rings. The van der Waals surface area contributed by atoms with Crippen molar-refractivity contribution in [3.05, 3.63) is 39.4 Å². The van der Waals surface area contributed by atoms with Crippen molar-refractivity contribution < 1.29 is 0 Å². The number of nitrogens with zero attached hydrogens (tertiary/aromatic N) is 4. The van der Waals surface area contributed by atoms with Crippen molar-refractivity contribution in [2.75, 3.05) is 0 Å². The fraction of sp³-hybridized carbons (Fsp3) is 0.333. The van der Waals surface area contributed by atoms with Crippen LogP contribution in [0.25, 0.3) is 16.9 Å². The van der Waals surface area contributed by atoms with Crippen LogP contribution in [0.2, 0.25) is 0 Å². The molecule has 0 aliphatic rings. The summed E-state index contributed by atoms with van der Waals surface area (Å²) in [6, 6.07) is 8.36. The zero-order valence-corrected chi connectivity index (χ0v) is 15.1. The van der Waals surface area contributed by atoms with Crippen LogP contribution in [0.15, 0.2) is 24.3 Å². The normalized spacial score (nSPS) is 13.0. The van der Waals surface area contributed by atoms with Gasteiger partial charge >= 0.3 is 0 Å². The third kappa shape index (κ3) is 2.46. The Hall–Kier alpha value is -1.08. The number of alkyl halides is 1. The molecule has 0 N–H and O–H groups in total. The van der Waals surface area contributed by atoms with Crippen LogP contribution < -0.4 is 0 Å². The number of hydrogen-bond donors (Lipinski definition) is 0. The van der Waals surface area contributed by atoms with Crippen LogP contribution in [-0.2, 0) is 6.54 Å². The van der Waals surface area contributed by atoms with E-state index in [1.807, 2.05) is 18.5 Å². The average molecular weight is 415 g/mol. The van der Waals surface area contributed by atoms with Gasteiger partial charge in [-0.2, -0.15) is 5.10 Å². The first-order valence-corrected chi connectivity index (χ1v) is 8.40. The SMILES string of the molecule is CCn1nc(C)c2nc(C(C)Cl)n(-c3ccc(I)cc3)c21. The molecule has 1 aromatic carbocycles. The lowest BCUT2D eigenvalue weighted by molar-refractivity contribution is 0.658. The van der Waals surface area contributed by atoms with E-state index in [1.54, 1.807) is 0 Å². The third-order valence-electron chi connectivity index (χ3n) is 3.48. The Balaban J connectivity index is 2.36. The molecule has 0 radical (unpaired) electrons. The number of benzene rings is 1. The number of aryl methyl sites for hydroxylation is 2. The number of imidazole rings is 1. The summed E-state index contributed by atoms with van der Waals surface area (Å²) in [5.74, 6) is 0.857. The number of aromatic nitrogens is 4. The van der Waals surface area contributed by atoms with E-state index in [0.29, 0.717) is 0 Å². The van der Waals surface area contributed by atoms with E-state index in [0.717, 1.165) is 34.9 Å². The highest BCUT2D eigenvalue weighted by molar-refractivity contribution is 14.1. The van der Waals surface area contributed by atoms with Crippen LogP contribution in [0, 0.1) is 10.5 Å². The average Bonchev–Trinajstić information content (AvgIpc) is 2.98. The van der Waals surface area contributed by atoms with Gasteiger partial charge in [-0.15, -0.1) is 11.6 Å². The smallest absolute Gasteiger partial charge is 0.163 e. The van der Waals surface area contributed by atoms with E-state index in [2.05, 4.69) is 63.4 Å². The third-order valence-corrected chi connectivity index (χ3v) is 4.39. The van der Waals surface area contributed by atoms with Crippen LogP contribution >= 0.6 is 34.2 Å². The van der Waals surface area contributed by atoms with Gasteiger partial charge in [0.2, 0.25) is 0 Å². The standard InChI is InChI=1S/C15H16ClIN4/c1-4-20-15-13(10(3)19-20)18-14(9(2)16)21(15)12-7-5-11(17)6-8-12/h5-9H,4H2,1-3H3. The number of halogens is 2. The van der Waals surface area contributed by atoms with Crippen molar-refractivity contribution in [1.82, 2.24) is 19.3 Å². The Bertz CT molecular complexity index is 786. The number of rotatable bonds is 3. The zero-order chi connectivity index (χ0) is 15.1. The first-order chi connectivity index (χ1) is 10.0. The van der Waals surface area contributed by atoms with E-state index in [9.17, 15) is 0 Å². The Morgan fingerprint density at radius 1 is 1.29 bits per heavy atom. The van der Waals surface area contributed by atoms with Crippen molar-refractivity contribution in [2.24, 2.45) is 0 Å². The van der Waals surface area contributed by atoms with Crippen LogP contribution in [-0.4, -0.2) is 19.3 Å². The molecule has 6 heteroatoms. The highest BCUT2D eigenvalue weighted by atomic mass is 127. The van der Waals surface area contributed by atoms with Gasteiger partial charge in [0, 0.05) is 15.8 Å². The van der Waals surface area contributed by atoms with Gasteiger partial charge in [0.05, 0.1) is 11.1 Å². The molecule has 0 amide bonds. The van der Waals surface area contributed by atoms with Crippen molar-refractivity contribution in [3.8, 4) is 5.69 Å². The summed E-state index contributed by atoms with van der Waals surface area (Å²) in [5.41, 5.74) is 3.95. The maximum absolute atomic E-state index is 6.35. The van der Waals surface area contributed by atoms with Gasteiger partial charge < -0.3 is 0 Å². The lowest BCUT2D eigenvalue weighted by atomic mass is 10.3.